The first-order valence-corrected chi connectivity index (χ1v) is 9.86. The molecule has 1 aromatic heterocycles. The van der Waals surface area contributed by atoms with E-state index in [1.807, 2.05) is 25.1 Å². The summed E-state index contributed by atoms with van der Waals surface area (Å²) in [5, 5.41) is 8.68. The molecule has 3 N–H and O–H groups in total. The third-order valence-electron chi connectivity index (χ3n) is 5.55. The van der Waals surface area contributed by atoms with Crippen LogP contribution in [0.4, 0.5) is 11.5 Å². The van der Waals surface area contributed by atoms with Crippen molar-refractivity contribution in [3.05, 3.63) is 41.9 Å². The van der Waals surface area contributed by atoms with Crippen molar-refractivity contribution >= 4 is 17.2 Å². The zero-order chi connectivity index (χ0) is 19.7. The maximum Gasteiger partial charge on any atom is 0.132 e. The molecule has 148 valence electrons. The van der Waals surface area contributed by atoms with E-state index in [2.05, 4.69) is 21.8 Å². The summed E-state index contributed by atoms with van der Waals surface area (Å²) in [5.74, 6) is 1.56. The van der Waals surface area contributed by atoms with Gasteiger partial charge in [-0.1, -0.05) is 6.92 Å². The van der Waals surface area contributed by atoms with E-state index in [-0.39, 0.29) is 17.4 Å². The highest BCUT2D eigenvalue weighted by Gasteiger charge is 2.43. The van der Waals surface area contributed by atoms with Gasteiger partial charge >= 0.3 is 0 Å². The number of benzene rings is 1. The average molecular weight is 381 g/mol. The van der Waals surface area contributed by atoms with Gasteiger partial charge in [0.05, 0.1) is 24.1 Å². The van der Waals surface area contributed by atoms with Crippen LogP contribution in [0.1, 0.15) is 44.4 Å². The second kappa shape index (κ2) is 7.39. The number of nitrogens with two attached hydrogens (primary N) is 1. The number of hydrogen-bond acceptors (Lipinski definition) is 7. The summed E-state index contributed by atoms with van der Waals surface area (Å²) in [6, 6.07) is 7.38. The molecule has 0 radical (unpaired) electrons. The standard InChI is InChI=1S/C21H27N5O2/c1-3-21(6-7-21)28-15-4-5-17(22)16(10-15)20(23)18-11-19(25-13-24-18)26-8-9-27-14(2)12-26/h4-5,10-11,13-14,23H,3,6-9,12,22H2,1-2H3/t14-/m1/s1. The van der Waals surface area contributed by atoms with Crippen LogP contribution >= 0.6 is 0 Å². The van der Waals surface area contributed by atoms with Gasteiger partial charge in [0, 0.05) is 30.4 Å². The van der Waals surface area contributed by atoms with Crippen molar-refractivity contribution in [2.45, 2.75) is 44.8 Å². The van der Waals surface area contributed by atoms with E-state index in [1.165, 1.54) is 6.33 Å². The Labute approximate surface area is 165 Å². The Morgan fingerprint density at radius 3 is 2.89 bits per heavy atom. The highest BCUT2D eigenvalue weighted by atomic mass is 16.5. The number of ether oxygens (including phenoxy) is 2. The van der Waals surface area contributed by atoms with Crippen LogP contribution in [0.5, 0.6) is 5.75 Å². The molecular formula is C21H27N5O2. The van der Waals surface area contributed by atoms with Crippen molar-refractivity contribution in [3.63, 3.8) is 0 Å². The van der Waals surface area contributed by atoms with E-state index in [0.717, 1.165) is 43.9 Å². The largest absolute Gasteiger partial charge is 0.487 e. The minimum Gasteiger partial charge on any atom is -0.487 e. The molecule has 4 rings (SSSR count). The van der Waals surface area contributed by atoms with Crippen molar-refractivity contribution in [1.29, 1.82) is 5.41 Å². The molecule has 2 aromatic rings. The van der Waals surface area contributed by atoms with Gasteiger partial charge in [-0.3, -0.25) is 5.41 Å². The monoisotopic (exact) mass is 381 g/mol. The number of hydrogen-bond donors (Lipinski definition) is 2. The van der Waals surface area contributed by atoms with Gasteiger partial charge in [0.15, 0.2) is 0 Å². The lowest BCUT2D eigenvalue weighted by Gasteiger charge is -2.32. The second-order valence-corrected chi connectivity index (χ2v) is 7.65. The lowest BCUT2D eigenvalue weighted by atomic mass is 10.0. The number of nitrogens with zero attached hydrogens (tertiary/aromatic N) is 3. The Morgan fingerprint density at radius 1 is 1.36 bits per heavy atom. The normalized spacial score (nSPS) is 20.6. The van der Waals surface area contributed by atoms with E-state index >= 15 is 0 Å². The summed E-state index contributed by atoms with van der Waals surface area (Å²) in [5.41, 5.74) is 8.12. The number of rotatable bonds is 6. The van der Waals surface area contributed by atoms with Gasteiger partial charge in [-0.15, -0.1) is 0 Å². The van der Waals surface area contributed by atoms with Crippen LogP contribution < -0.4 is 15.4 Å². The molecule has 1 aromatic carbocycles. The van der Waals surface area contributed by atoms with Crippen LogP contribution in [0.15, 0.2) is 30.6 Å². The van der Waals surface area contributed by atoms with Crippen LogP contribution in [-0.2, 0) is 4.74 Å². The quantitative estimate of drug-likeness (QED) is 0.590. The first-order chi connectivity index (χ1) is 13.5. The van der Waals surface area contributed by atoms with E-state index < -0.39 is 0 Å². The van der Waals surface area contributed by atoms with Gasteiger partial charge in [0.2, 0.25) is 0 Å². The van der Waals surface area contributed by atoms with E-state index in [0.29, 0.717) is 23.6 Å². The maximum absolute atomic E-state index is 8.68. The SMILES string of the molecule is CCC1(Oc2ccc(N)c(C(=N)c3cc(N4CCO[C@H](C)C4)ncn3)c2)CC1. The molecular weight excluding hydrogens is 354 g/mol. The minimum atomic E-state index is -0.0370. The molecule has 2 fully saturated rings. The smallest absolute Gasteiger partial charge is 0.132 e. The first kappa shape index (κ1) is 18.7. The second-order valence-electron chi connectivity index (χ2n) is 7.65. The van der Waals surface area contributed by atoms with Crippen LogP contribution in [0, 0.1) is 5.41 Å². The minimum absolute atomic E-state index is 0.0370. The van der Waals surface area contributed by atoms with E-state index in [1.54, 1.807) is 6.07 Å². The number of morpholine rings is 1. The third kappa shape index (κ3) is 3.80. The van der Waals surface area contributed by atoms with Gasteiger partial charge < -0.3 is 20.1 Å². The lowest BCUT2D eigenvalue weighted by molar-refractivity contribution is 0.0529. The summed E-state index contributed by atoms with van der Waals surface area (Å²) in [6.07, 6.45) is 4.80. The van der Waals surface area contributed by atoms with Crippen LogP contribution in [0.3, 0.4) is 0 Å². The fourth-order valence-electron chi connectivity index (χ4n) is 3.55. The molecule has 2 aliphatic rings. The fourth-order valence-corrected chi connectivity index (χ4v) is 3.55. The van der Waals surface area contributed by atoms with Gasteiger partial charge in [-0.25, -0.2) is 9.97 Å². The summed E-state index contributed by atoms with van der Waals surface area (Å²) in [6.45, 7) is 6.41. The van der Waals surface area contributed by atoms with Gasteiger partial charge in [-0.2, -0.15) is 0 Å². The lowest BCUT2D eigenvalue weighted by Crippen LogP contribution is -2.41. The molecule has 28 heavy (non-hydrogen) atoms. The molecule has 0 bridgehead atoms. The molecule has 1 atom stereocenters. The summed E-state index contributed by atoms with van der Waals surface area (Å²) in [4.78, 5) is 10.9. The fraction of sp³-hybridized carbons (Fsp3) is 0.476. The molecule has 1 saturated carbocycles. The summed E-state index contributed by atoms with van der Waals surface area (Å²) >= 11 is 0. The zero-order valence-corrected chi connectivity index (χ0v) is 16.4. The van der Waals surface area contributed by atoms with Crippen molar-refractivity contribution in [1.82, 2.24) is 9.97 Å². The third-order valence-corrected chi connectivity index (χ3v) is 5.55. The van der Waals surface area contributed by atoms with Gasteiger partial charge in [0.25, 0.3) is 0 Å². The maximum atomic E-state index is 8.68. The van der Waals surface area contributed by atoms with Crippen LogP contribution in [0.25, 0.3) is 0 Å². The number of nitrogen functional groups attached to an aromatic ring is 1. The average Bonchev–Trinajstić information content (AvgIpc) is 3.49. The molecule has 1 saturated heterocycles. The molecule has 0 spiro atoms. The molecule has 7 heteroatoms. The van der Waals surface area contributed by atoms with Crippen molar-refractivity contribution in [2.75, 3.05) is 30.3 Å². The van der Waals surface area contributed by atoms with Crippen LogP contribution in [-0.4, -0.2) is 47.1 Å². The predicted molar refractivity (Wildman–Crippen MR) is 109 cm³/mol. The topological polar surface area (TPSA) is 97.4 Å². The van der Waals surface area contributed by atoms with Crippen molar-refractivity contribution in [2.24, 2.45) is 0 Å². The van der Waals surface area contributed by atoms with E-state index in [4.69, 9.17) is 20.6 Å². The zero-order valence-electron chi connectivity index (χ0n) is 16.4. The van der Waals surface area contributed by atoms with Gasteiger partial charge in [-0.05, 0) is 44.4 Å². The highest BCUT2D eigenvalue weighted by molar-refractivity contribution is 6.13. The molecule has 1 aliphatic carbocycles. The molecule has 1 aliphatic heterocycles. The summed E-state index contributed by atoms with van der Waals surface area (Å²) in [7, 11) is 0. The highest BCUT2D eigenvalue weighted by Crippen LogP contribution is 2.43. The Morgan fingerprint density at radius 2 is 2.18 bits per heavy atom. The number of aromatic nitrogens is 2. The molecule has 0 amide bonds. The van der Waals surface area contributed by atoms with Crippen molar-refractivity contribution in [3.8, 4) is 5.75 Å². The molecule has 0 unspecified atom stereocenters. The van der Waals surface area contributed by atoms with E-state index in [9.17, 15) is 0 Å². The first-order valence-electron chi connectivity index (χ1n) is 9.86. The predicted octanol–water partition coefficient (Wildman–Crippen LogP) is 3.02. The van der Waals surface area contributed by atoms with Crippen LogP contribution in [0.2, 0.25) is 0 Å². The Balaban J connectivity index is 1.58. The van der Waals surface area contributed by atoms with Crippen molar-refractivity contribution < 1.29 is 9.47 Å². The Hall–Kier alpha value is -2.67. The number of anilines is 2. The molecule has 7 nitrogen and oxygen atoms in total. The Bertz CT molecular complexity index is 881. The molecule has 2 heterocycles. The van der Waals surface area contributed by atoms with Gasteiger partial charge in [0.1, 0.15) is 23.5 Å². The Kier molecular flexibility index (Phi) is 4.93. The summed E-state index contributed by atoms with van der Waals surface area (Å²) < 4.78 is 11.8. The number of nitrogens with one attached hydrogen (secondary N) is 1.